The molecule has 1 aromatic heterocycles. The van der Waals surface area contributed by atoms with Crippen molar-refractivity contribution in [1.82, 2.24) is 4.98 Å². The maximum atomic E-state index is 13.2. The number of fused-ring (bicyclic) bond motifs is 1. The average molecular weight is 195 g/mol. The lowest BCUT2D eigenvalue weighted by molar-refractivity contribution is 0.591. The molecule has 1 aromatic carbocycles. The molecular weight excluding hydrogens is 188 g/mol. The van der Waals surface area contributed by atoms with Crippen molar-refractivity contribution in [2.24, 2.45) is 0 Å². The maximum absolute atomic E-state index is 13.2. The van der Waals surface area contributed by atoms with Gasteiger partial charge in [0.2, 0.25) is 0 Å². The van der Waals surface area contributed by atoms with Gasteiger partial charge in [-0.3, -0.25) is 4.79 Å². The predicted molar refractivity (Wildman–Crippen MR) is 49.2 cm³/mol. The molecule has 0 saturated carbocycles. The highest BCUT2D eigenvalue weighted by Crippen LogP contribution is 2.14. The zero-order valence-electron chi connectivity index (χ0n) is 7.40. The van der Waals surface area contributed by atoms with Crippen LogP contribution in [0.3, 0.4) is 0 Å². The Kier molecular flexibility index (Phi) is 1.84. The predicted octanol–water partition coefficient (Wildman–Crippen LogP) is 2.11. The van der Waals surface area contributed by atoms with Gasteiger partial charge in [-0.1, -0.05) is 0 Å². The molecule has 14 heavy (non-hydrogen) atoms. The molecule has 0 atom stereocenters. The van der Waals surface area contributed by atoms with E-state index in [9.17, 15) is 13.6 Å². The summed E-state index contributed by atoms with van der Waals surface area (Å²) in [5, 5.41) is -0.1000. The van der Waals surface area contributed by atoms with Gasteiger partial charge >= 0.3 is 0 Å². The van der Waals surface area contributed by atoms with Crippen LogP contribution in [0.5, 0.6) is 0 Å². The van der Waals surface area contributed by atoms with Crippen molar-refractivity contribution >= 4 is 10.9 Å². The number of pyridine rings is 1. The quantitative estimate of drug-likeness (QED) is 0.686. The fourth-order valence-electron chi connectivity index (χ4n) is 1.44. The van der Waals surface area contributed by atoms with Gasteiger partial charge in [0.05, 0.1) is 10.9 Å². The summed E-state index contributed by atoms with van der Waals surface area (Å²) in [6.45, 7) is 1.66. The zero-order chi connectivity index (χ0) is 10.3. The Morgan fingerprint density at radius 3 is 2.64 bits per heavy atom. The number of nitrogens with one attached hydrogen (secondary N) is 1. The Morgan fingerprint density at radius 1 is 1.21 bits per heavy atom. The second-order valence-electron chi connectivity index (χ2n) is 3.13. The average Bonchev–Trinajstić information content (AvgIpc) is 1.99. The van der Waals surface area contributed by atoms with Crippen LogP contribution in [0.4, 0.5) is 8.78 Å². The molecule has 0 saturated heterocycles. The van der Waals surface area contributed by atoms with E-state index in [-0.39, 0.29) is 10.9 Å². The van der Waals surface area contributed by atoms with Gasteiger partial charge in [0.15, 0.2) is 5.43 Å². The van der Waals surface area contributed by atoms with Crippen LogP contribution in [0.25, 0.3) is 10.9 Å². The molecule has 72 valence electrons. The van der Waals surface area contributed by atoms with Crippen LogP contribution >= 0.6 is 0 Å². The molecule has 2 nitrogen and oxygen atoms in total. The number of H-pyrrole nitrogens is 1. The van der Waals surface area contributed by atoms with Crippen LogP contribution in [0.1, 0.15) is 5.69 Å². The monoisotopic (exact) mass is 195 g/mol. The summed E-state index contributed by atoms with van der Waals surface area (Å²) in [4.78, 5) is 14.1. The smallest absolute Gasteiger partial charge is 0.192 e. The highest BCUT2D eigenvalue weighted by molar-refractivity contribution is 5.79. The third kappa shape index (κ3) is 1.28. The van der Waals surface area contributed by atoms with E-state index in [0.29, 0.717) is 11.8 Å². The third-order valence-corrected chi connectivity index (χ3v) is 1.98. The van der Waals surface area contributed by atoms with Crippen LogP contribution in [0, 0.1) is 18.6 Å². The number of halogens is 2. The molecule has 0 fully saturated rings. The number of aryl methyl sites for hydroxylation is 1. The molecular formula is C10H7F2NO. The first-order valence-electron chi connectivity index (χ1n) is 4.06. The van der Waals surface area contributed by atoms with Crippen molar-refractivity contribution in [2.45, 2.75) is 6.92 Å². The van der Waals surface area contributed by atoms with Crippen LogP contribution < -0.4 is 5.43 Å². The molecule has 0 aliphatic heterocycles. The number of hydrogen-bond acceptors (Lipinski definition) is 1. The Hall–Kier alpha value is -1.71. The number of aromatic nitrogens is 1. The largest absolute Gasteiger partial charge is 0.358 e. The Morgan fingerprint density at radius 2 is 1.93 bits per heavy atom. The van der Waals surface area contributed by atoms with Gasteiger partial charge < -0.3 is 4.98 Å². The van der Waals surface area contributed by atoms with Crippen molar-refractivity contribution in [2.75, 3.05) is 0 Å². The number of benzene rings is 1. The minimum atomic E-state index is -0.832. The lowest BCUT2D eigenvalue weighted by Crippen LogP contribution is -2.05. The lowest BCUT2D eigenvalue weighted by Gasteiger charge is -2.00. The summed E-state index contributed by atoms with van der Waals surface area (Å²) < 4.78 is 26.0. The lowest BCUT2D eigenvalue weighted by atomic mass is 10.2. The SMILES string of the molecule is Cc1cc(=O)c2c(F)cc(F)cc2[nH]1. The van der Waals surface area contributed by atoms with Crippen molar-refractivity contribution in [1.29, 1.82) is 0 Å². The van der Waals surface area contributed by atoms with Gasteiger partial charge in [0.25, 0.3) is 0 Å². The molecule has 0 bridgehead atoms. The van der Waals surface area contributed by atoms with Crippen molar-refractivity contribution in [3.63, 3.8) is 0 Å². The van der Waals surface area contributed by atoms with Crippen LogP contribution in [0.15, 0.2) is 23.0 Å². The maximum Gasteiger partial charge on any atom is 0.192 e. The van der Waals surface area contributed by atoms with Gasteiger partial charge in [-0.05, 0) is 13.0 Å². The van der Waals surface area contributed by atoms with E-state index in [0.717, 1.165) is 6.07 Å². The normalized spacial score (nSPS) is 10.8. The van der Waals surface area contributed by atoms with E-state index >= 15 is 0 Å². The summed E-state index contributed by atoms with van der Waals surface area (Å²) in [7, 11) is 0. The second-order valence-corrected chi connectivity index (χ2v) is 3.13. The standard InChI is InChI=1S/C10H7F2NO/c1-5-2-9(14)10-7(12)3-6(11)4-8(10)13-5/h2-4H,1H3,(H,13,14). The molecule has 2 aromatic rings. The van der Waals surface area contributed by atoms with Crippen molar-refractivity contribution in [3.05, 3.63) is 45.8 Å². The minimum Gasteiger partial charge on any atom is -0.358 e. The second kappa shape index (κ2) is 2.90. The minimum absolute atomic E-state index is 0.1000. The summed E-state index contributed by atoms with van der Waals surface area (Å²) >= 11 is 0. The Labute approximate surface area is 78.2 Å². The molecule has 0 amide bonds. The molecule has 4 heteroatoms. The number of aromatic amines is 1. The van der Waals surface area contributed by atoms with E-state index in [4.69, 9.17) is 0 Å². The Bertz CT molecular complexity index is 555. The van der Waals surface area contributed by atoms with Crippen molar-refractivity contribution in [3.8, 4) is 0 Å². The molecule has 1 heterocycles. The summed E-state index contributed by atoms with van der Waals surface area (Å²) in [6.07, 6.45) is 0. The number of hydrogen-bond donors (Lipinski definition) is 1. The van der Waals surface area contributed by atoms with Crippen molar-refractivity contribution < 1.29 is 8.78 Å². The molecule has 0 aliphatic carbocycles. The third-order valence-electron chi connectivity index (χ3n) is 1.98. The molecule has 0 radical (unpaired) electrons. The van der Waals surface area contributed by atoms with Crippen LogP contribution in [0.2, 0.25) is 0 Å². The fraction of sp³-hybridized carbons (Fsp3) is 0.100. The molecule has 0 aliphatic rings. The molecule has 2 rings (SSSR count). The summed E-state index contributed by atoms with van der Waals surface area (Å²) in [5.74, 6) is -1.53. The first-order valence-corrected chi connectivity index (χ1v) is 4.06. The summed E-state index contributed by atoms with van der Waals surface area (Å²) in [5.41, 5.74) is 0.328. The Balaban J connectivity index is 3.02. The topological polar surface area (TPSA) is 32.9 Å². The zero-order valence-corrected chi connectivity index (χ0v) is 7.40. The van der Waals surface area contributed by atoms with Gasteiger partial charge in [-0.2, -0.15) is 0 Å². The first-order chi connectivity index (χ1) is 6.58. The fourth-order valence-corrected chi connectivity index (χ4v) is 1.44. The summed E-state index contributed by atoms with van der Waals surface area (Å²) in [6, 6.07) is 3.09. The van der Waals surface area contributed by atoms with E-state index in [2.05, 4.69) is 4.98 Å². The highest BCUT2D eigenvalue weighted by atomic mass is 19.1. The van der Waals surface area contributed by atoms with E-state index in [1.165, 1.54) is 6.07 Å². The van der Waals surface area contributed by atoms with Gasteiger partial charge in [0.1, 0.15) is 11.6 Å². The van der Waals surface area contributed by atoms with Gasteiger partial charge in [-0.25, -0.2) is 8.78 Å². The molecule has 0 unspecified atom stereocenters. The number of rotatable bonds is 0. The molecule has 1 N–H and O–H groups in total. The highest BCUT2D eigenvalue weighted by Gasteiger charge is 2.07. The van der Waals surface area contributed by atoms with E-state index in [1.807, 2.05) is 0 Å². The first kappa shape index (κ1) is 8.87. The van der Waals surface area contributed by atoms with E-state index in [1.54, 1.807) is 6.92 Å². The van der Waals surface area contributed by atoms with E-state index < -0.39 is 17.1 Å². The van der Waals surface area contributed by atoms with Crippen LogP contribution in [-0.4, -0.2) is 4.98 Å². The van der Waals surface area contributed by atoms with Gasteiger partial charge in [0, 0.05) is 17.8 Å². The van der Waals surface area contributed by atoms with Crippen LogP contribution in [-0.2, 0) is 0 Å². The molecule has 0 spiro atoms. The van der Waals surface area contributed by atoms with Gasteiger partial charge in [-0.15, -0.1) is 0 Å².